The van der Waals surface area contributed by atoms with Gasteiger partial charge in [-0.1, -0.05) is 0 Å². The van der Waals surface area contributed by atoms with Gasteiger partial charge in [0.15, 0.2) is 0 Å². The van der Waals surface area contributed by atoms with Crippen LogP contribution in [0, 0.1) is 25.6 Å². The largest absolute Gasteiger partial charge is 0.396 e. The molecular formula is C13H19FN2O3S. The highest BCUT2D eigenvalue weighted by molar-refractivity contribution is 7.89. The van der Waals surface area contributed by atoms with Crippen LogP contribution in [-0.2, 0) is 10.0 Å². The molecular weight excluding hydrogens is 283 g/mol. The summed E-state index contributed by atoms with van der Waals surface area (Å²) in [4.78, 5) is 0.0382. The molecule has 0 heterocycles. The van der Waals surface area contributed by atoms with Crippen molar-refractivity contribution in [3.63, 3.8) is 0 Å². The van der Waals surface area contributed by atoms with Crippen molar-refractivity contribution >= 4 is 15.7 Å². The van der Waals surface area contributed by atoms with Crippen LogP contribution in [0.3, 0.4) is 0 Å². The van der Waals surface area contributed by atoms with Crippen LogP contribution in [0.25, 0.3) is 0 Å². The molecule has 2 rings (SSSR count). The lowest BCUT2D eigenvalue weighted by Gasteiger charge is -2.31. The predicted octanol–water partition coefficient (Wildman–Crippen LogP) is 1.07. The molecule has 0 unspecified atom stereocenters. The van der Waals surface area contributed by atoms with E-state index in [1.807, 2.05) is 0 Å². The predicted molar refractivity (Wildman–Crippen MR) is 74.2 cm³/mol. The van der Waals surface area contributed by atoms with E-state index in [0.717, 1.165) is 6.07 Å². The number of nitrogens with two attached hydrogens (primary N) is 1. The van der Waals surface area contributed by atoms with Gasteiger partial charge in [0.05, 0.1) is 16.7 Å². The fraction of sp³-hybridized carbons (Fsp3) is 0.538. The number of aryl methyl sites for hydroxylation is 1. The van der Waals surface area contributed by atoms with Gasteiger partial charge in [-0.15, -0.1) is 0 Å². The molecule has 1 aliphatic carbocycles. The van der Waals surface area contributed by atoms with Crippen LogP contribution in [0.1, 0.15) is 24.0 Å². The highest BCUT2D eigenvalue weighted by Gasteiger charge is 2.29. The van der Waals surface area contributed by atoms with Gasteiger partial charge in [-0.05, 0) is 49.8 Å². The number of rotatable bonds is 4. The Morgan fingerprint density at radius 3 is 2.60 bits per heavy atom. The van der Waals surface area contributed by atoms with Gasteiger partial charge in [0.1, 0.15) is 5.82 Å². The number of anilines is 1. The van der Waals surface area contributed by atoms with Gasteiger partial charge in [-0.2, -0.15) is 0 Å². The number of halogens is 1. The minimum Gasteiger partial charge on any atom is -0.396 e. The topological polar surface area (TPSA) is 92.4 Å². The van der Waals surface area contributed by atoms with Crippen LogP contribution in [0.2, 0.25) is 0 Å². The number of aliphatic hydroxyl groups is 1. The first-order valence-corrected chi connectivity index (χ1v) is 7.93. The summed E-state index contributed by atoms with van der Waals surface area (Å²) in [7, 11) is -3.73. The van der Waals surface area contributed by atoms with Gasteiger partial charge in [0.2, 0.25) is 10.0 Å². The summed E-state index contributed by atoms with van der Waals surface area (Å²) in [6, 6.07) is 1.13. The number of hydrogen-bond donors (Lipinski definition) is 3. The Labute approximate surface area is 118 Å². The third kappa shape index (κ3) is 2.79. The highest BCUT2D eigenvalue weighted by atomic mass is 32.2. The molecule has 7 heteroatoms. The summed E-state index contributed by atoms with van der Waals surface area (Å²) in [6.07, 6.45) is 0.882. The van der Waals surface area contributed by atoms with Crippen molar-refractivity contribution in [2.45, 2.75) is 37.7 Å². The van der Waals surface area contributed by atoms with Crippen molar-refractivity contribution in [2.75, 3.05) is 12.3 Å². The van der Waals surface area contributed by atoms with E-state index in [1.165, 1.54) is 13.8 Å². The number of nitrogen functional groups attached to an aromatic ring is 1. The van der Waals surface area contributed by atoms with Crippen LogP contribution < -0.4 is 10.5 Å². The lowest BCUT2D eigenvalue weighted by molar-refractivity contribution is 0.0453. The molecule has 1 aromatic carbocycles. The van der Waals surface area contributed by atoms with E-state index in [1.54, 1.807) is 0 Å². The zero-order valence-electron chi connectivity index (χ0n) is 11.5. The van der Waals surface area contributed by atoms with Crippen molar-refractivity contribution in [3.8, 4) is 0 Å². The molecule has 112 valence electrons. The molecule has 5 nitrogen and oxygen atoms in total. The molecule has 4 N–H and O–H groups in total. The van der Waals surface area contributed by atoms with Gasteiger partial charge >= 0.3 is 0 Å². The molecule has 0 aromatic heterocycles. The van der Waals surface area contributed by atoms with Gasteiger partial charge in [0.25, 0.3) is 0 Å². The molecule has 1 aromatic rings. The second kappa shape index (κ2) is 5.31. The molecule has 0 saturated heterocycles. The first-order valence-electron chi connectivity index (χ1n) is 6.45. The Hall–Kier alpha value is -1.18. The average molecular weight is 302 g/mol. The van der Waals surface area contributed by atoms with Gasteiger partial charge in [0, 0.05) is 6.54 Å². The lowest BCUT2D eigenvalue weighted by Crippen LogP contribution is -2.38. The van der Waals surface area contributed by atoms with Crippen molar-refractivity contribution in [2.24, 2.45) is 5.92 Å². The Balaban J connectivity index is 2.23. The summed E-state index contributed by atoms with van der Waals surface area (Å²) < 4.78 is 40.6. The third-order valence-electron chi connectivity index (χ3n) is 3.74. The second-order valence-electron chi connectivity index (χ2n) is 5.39. The second-order valence-corrected chi connectivity index (χ2v) is 7.09. The summed E-state index contributed by atoms with van der Waals surface area (Å²) >= 11 is 0. The molecule has 0 spiro atoms. The van der Waals surface area contributed by atoms with Crippen LogP contribution in [0.15, 0.2) is 11.0 Å². The van der Waals surface area contributed by atoms with Gasteiger partial charge in [-0.25, -0.2) is 17.5 Å². The SMILES string of the molecule is Cc1cc(F)c(N)c(C)c1S(=O)(=O)NCC1CC(O)C1. The molecule has 1 aliphatic rings. The molecule has 0 bridgehead atoms. The van der Waals surface area contributed by atoms with Crippen molar-refractivity contribution in [1.29, 1.82) is 0 Å². The van der Waals surface area contributed by atoms with Crippen LogP contribution in [-0.4, -0.2) is 26.2 Å². The van der Waals surface area contributed by atoms with Gasteiger partial charge in [-0.3, -0.25) is 0 Å². The van der Waals surface area contributed by atoms with E-state index in [9.17, 15) is 17.9 Å². The Morgan fingerprint density at radius 1 is 1.45 bits per heavy atom. The summed E-state index contributed by atoms with van der Waals surface area (Å²) in [5.41, 5.74) is 5.97. The fourth-order valence-electron chi connectivity index (χ4n) is 2.51. The molecule has 1 fully saturated rings. The highest BCUT2D eigenvalue weighted by Crippen LogP contribution is 2.29. The quantitative estimate of drug-likeness (QED) is 0.726. The molecule has 0 aliphatic heterocycles. The number of aliphatic hydroxyl groups excluding tert-OH is 1. The maximum Gasteiger partial charge on any atom is 0.241 e. The minimum absolute atomic E-state index is 0.0382. The normalized spacial score (nSPS) is 22.6. The van der Waals surface area contributed by atoms with E-state index in [-0.39, 0.29) is 34.7 Å². The number of sulfonamides is 1. The molecule has 0 amide bonds. The fourth-order valence-corrected chi connectivity index (χ4v) is 4.11. The molecule has 20 heavy (non-hydrogen) atoms. The van der Waals surface area contributed by atoms with Crippen LogP contribution in [0.5, 0.6) is 0 Å². The van der Waals surface area contributed by atoms with E-state index in [4.69, 9.17) is 5.73 Å². The van der Waals surface area contributed by atoms with Gasteiger partial charge < -0.3 is 10.8 Å². The average Bonchev–Trinajstić information content (AvgIpc) is 2.30. The molecule has 0 atom stereocenters. The first-order chi connectivity index (χ1) is 9.22. The monoisotopic (exact) mass is 302 g/mol. The Kier molecular flexibility index (Phi) is 4.04. The zero-order valence-corrected chi connectivity index (χ0v) is 12.3. The summed E-state index contributed by atoms with van der Waals surface area (Å²) in [5.74, 6) is -0.459. The Morgan fingerprint density at radius 2 is 2.05 bits per heavy atom. The minimum atomic E-state index is -3.73. The standard InChI is InChI=1S/C13H19FN2O3S/c1-7-3-11(14)12(15)8(2)13(7)20(18,19)16-6-9-4-10(17)5-9/h3,9-10,16-17H,4-6,15H2,1-2H3. The maximum absolute atomic E-state index is 13.5. The smallest absolute Gasteiger partial charge is 0.241 e. The maximum atomic E-state index is 13.5. The van der Waals surface area contributed by atoms with E-state index in [2.05, 4.69) is 4.72 Å². The van der Waals surface area contributed by atoms with E-state index in [0.29, 0.717) is 18.4 Å². The first kappa shape index (κ1) is 15.2. The number of nitrogens with one attached hydrogen (secondary N) is 1. The summed E-state index contributed by atoms with van der Waals surface area (Å²) in [6.45, 7) is 3.31. The number of benzene rings is 1. The van der Waals surface area contributed by atoms with Crippen LogP contribution >= 0.6 is 0 Å². The lowest BCUT2D eigenvalue weighted by atomic mass is 9.83. The van der Waals surface area contributed by atoms with E-state index >= 15 is 0 Å². The molecule has 0 radical (unpaired) electrons. The number of hydrogen-bond acceptors (Lipinski definition) is 4. The van der Waals surface area contributed by atoms with Crippen molar-refractivity contribution in [1.82, 2.24) is 4.72 Å². The zero-order chi connectivity index (χ0) is 15.1. The van der Waals surface area contributed by atoms with E-state index < -0.39 is 15.8 Å². The molecule has 1 saturated carbocycles. The van der Waals surface area contributed by atoms with Crippen molar-refractivity contribution in [3.05, 3.63) is 23.0 Å². The van der Waals surface area contributed by atoms with Crippen LogP contribution in [0.4, 0.5) is 10.1 Å². The summed E-state index contributed by atoms with van der Waals surface area (Å²) in [5, 5.41) is 9.18. The third-order valence-corrected chi connectivity index (χ3v) is 5.46. The Bertz CT molecular complexity index is 625. The van der Waals surface area contributed by atoms with Crippen molar-refractivity contribution < 1.29 is 17.9 Å².